The molecule has 1 aliphatic heterocycles. The Morgan fingerprint density at radius 1 is 1.23 bits per heavy atom. The molecule has 7 heteroatoms. The largest absolute Gasteiger partial charge is 0.505 e. The van der Waals surface area contributed by atoms with E-state index in [0.29, 0.717) is 24.6 Å². The molecule has 1 aliphatic rings. The highest BCUT2D eigenvalue weighted by Crippen LogP contribution is 2.46. The van der Waals surface area contributed by atoms with Crippen LogP contribution >= 0.6 is 11.8 Å². The molecule has 1 aromatic carbocycles. The molecule has 3 rings (SSSR count). The van der Waals surface area contributed by atoms with Gasteiger partial charge in [-0.2, -0.15) is 0 Å². The molecule has 0 saturated heterocycles. The summed E-state index contributed by atoms with van der Waals surface area (Å²) in [5.74, 6) is 1.26. The van der Waals surface area contributed by atoms with E-state index in [9.17, 15) is 10.2 Å². The zero-order valence-corrected chi connectivity index (χ0v) is 15.6. The number of nitrogens with two attached hydrogens (primary N) is 1. The van der Waals surface area contributed by atoms with E-state index in [1.54, 1.807) is 13.1 Å². The topological polar surface area (TPSA) is 95.5 Å². The van der Waals surface area contributed by atoms with Crippen molar-refractivity contribution in [3.63, 3.8) is 0 Å². The van der Waals surface area contributed by atoms with Crippen LogP contribution in [0.15, 0.2) is 52.2 Å². The first-order chi connectivity index (χ1) is 12.5. The molecule has 0 atom stereocenters. The number of aromatic nitrogens is 2. The number of aliphatic hydroxyl groups is 2. The fourth-order valence-corrected chi connectivity index (χ4v) is 3.98. The maximum Gasteiger partial charge on any atom is 0.153 e. The second kappa shape index (κ2) is 7.80. The summed E-state index contributed by atoms with van der Waals surface area (Å²) in [6, 6.07) is 9.41. The molecule has 0 bridgehead atoms. The second-order valence-electron chi connectivity index (χ2n) is 6.02. The third kappa shape index (κ3) is 3.68. The highest BCUT2D eigenvalue weighted by molar-refractivity contribution is 8.07. The van der Waals surface area contributed by atoms with Gasteiger partial charge in [0.1, 0.15) is 16.7 Å². The van der Waals surface area contributed by atoms with Crippen molar-refractivity contribution in [1.29, 1.82) is 0 Å². The van der Waals surface area contributed by atoms with Gasteiger partial charge >= 0.3 is 0 Å². The van der Waals surface area contributed by atoms with Crippen molar-refractivity contribution >= 4 is 23.3 Å². The summed E-state index contributed by atoms with van der Waals surface area (Å²) in [5.41, 5.74) is 8.57. The van der Waals surface area contributed by atoms with Gasteiger partial charge in [0.2, 0.25) is 0 Å². The molecule has 6 nitrogen and oxygen atoms in total. The van der Waals surface area contributed by atoms with Gasteiger partial charge in [-0.15, -0.1) is 0 Å². The Morgan fingerprint density at radius 2 is 1.96 bits per heavy atom. The first-order valence-corrected chi connectivity index (χ1v) is 9.15. The van der Waals surface area contributed by atoms with E-state index < -0.39 is 0 Å². The van der Waals surface area contributed by atoms with Crippen molar-refractivity contribution in [1.82, 2.24) is 14.9 Å². The molecule has 0 saturated carbocycles. The van der Waals surface area contributed by atoms with Gasteiger partial charge in [0.25, 0.3) is 0 Å². The van der Waals surface area contributed by atoms with Gasteiger partial charge in [-0.3, -0.25) is 0 Å². The van der Waals surface area contributed by atoms with Gasteiger partial charge in [0.15, 0.2) is 5.76 Å². The van der Waals surface area contributed by atoms with Crippen molar-refractivity contribution in [2.24, 2.45) is 0 Å². The molecule has 0 unspecified atom stereocenters. The number of hydrogen-bond acceptors (Lipinski definition) is 7. The first-order valence-electron chi connectivity index (χ1n) is 8.34. The van der Waals surface area contributed by atoms with Crippen LogP contribution in [0.2, 0.25) is 0 Å². The lowest BCUT2D eigenvalue weighted by Crippen LogP contribution is -2.19. The Labute approximate surface area is 157 Å². The van der Waals surface area contributed by atoms with Crippen LogP contribution in [0.1, 0.15) is 30.3 Å². The summed E-state index contributed by atoms with van der Waals surface area (Å²) in [6.45, 7) is 4.28. The summed E-state index contributed by atoms with van der Waals surface area (Å²) in [7, 11) is 0. The number of nitrogen functional groups attached to an aromatic ring is 1. The summed E-state index contributed by atoms with van der Waals surface area (Å²) >= 11 is 1.48. The monoisotopic (exact) mass is 370 g/mol. The minimum Gasteiger partial charge on any atom is -0.505 e. The second-order valence-corrected chi connectivity index (χ2v) is 7.10. The molecule has 2 heterocycles. The molecular formula is C19H22N4O2S. The lowest BCUT2D eigenvalue weighted by Gasteiger charge is -2.23. The van der Waals surface area contributed by atoms with Crippen molar-refractivity contribution in [3.8, 4) is 0 Å². The summed E-state index contributed by atoms with van der Waals surface area (Å²) < 4.78 is 0. The van der Waals surface area contributed by atoms with Crippen molar-refractivity contribution < 1.29 is 10.2 Å². The number of thioether (sulfide) groups is 1. The lowest BCUT2D eigenvalue weighted by atomic mass is 10.2. The summed E-state index contributed by atoms with van der Waals surface area (Å²) in [4.78, 5) is 11.5. The number of rotatable bonds is 5. The van der Waals surface area contributed by atoms with Crippen LogP contribution in [0.4, 0.5) is 5.82 Å². The number of aliphatic hydroxyl groups excluding tert-OH is 2. The van der Waals surface area contributed by atoms with E-state index in [-0.39, 0.29) is 12.4 Å². The highest BCUT2D eigenvalue weighted by Gasteiger charge is 2.29. The highest BCUT2D eigenvalue weighted by atomic mass is 32.2. The van der Waals surface area contributed by atoms with E-state index in [1.807, 2.05) is 42.2 Å². The van der Waals surface area contributed by atoms with Crippen LogP contribution in [-0.2, 0) is 6.54 Å². The predicted octanol–water partition coefficient (Wildman–Crippen LogP) is 3.41. The maximum atomic E-state index is 10.9. The first kappa shape index (κ1) is 18.3. The van der Waals surface area contributed by atoms with Crippen molar-refractivity contribution in [2.75, 3.05) is 12.3 Å². The molecule has 0 radical (unpaired) electrons. The number of aryl methyl sites for hydroxylation is 1. The number of anilines is 1. The third-order valence-corrected chi connectivity index (χ3v) is 5.56. The number of hydrogen-bond donors (Lipinski definition) is 3. The number of benzene rings is 1. The van der Waals surface area contributed by atoms with E-state index in [2.05, 4.69) is 9.97 Å². The van der Waals surface area contributed by atoms with E-state index in [1.165, 1.54) is 11.8 Å². The summed E-state index contributed by atoms with van der Waals surface area (Å²) in [6.07, 6.45) is 2.26. The Bertz CT molecular complexity index is 865. The molecule has 2 aromatic rings. The molecule has 26 heavy (non-hydrogen) atoms. The standard InChI is InChI=1S/C19H22N4O2S/c1-12-16(8-9-24)26-19(17(25)14-6-4-3-5-7-14)23(12)11-15-10-21-13(2)22-18(15)20/h3-7,10,24-25H,8-9,11H2,1-2H3,(H2,20,21,22)/b19-17+. The van der Waals surface area contributed by atoms with Crippen LogP contribution in [0.25, 0.3) is 5.76 Å². The maximum absolute atomic E-state index is 10.9. The third-order valence-electron chi connectivity index (χ3n) is 4.21. The Hall–Kier alpha value is -2.51. The number of allylic oxidation sites excluding steroid dienone is 1. The quantitative estimate of drug-likeness (QED) is 0.694. The van der Waals surface area contributed by atoms with Gasteiger partial charge in [0.05, 0.1) is 6.54 Å². The molecule has 4 N–H and O–H groups in total. The smallest absolute Gasteiger partial charge is 0.153 e. The van der Waals surface area contributed by atoms with Gasteiger partial charge < -0.3 is 20.8 Å². The van der Waals surface area contributed by atoms with Crippen LogP contribution in [0, 0.1) is 6.92 Å². The molecule has 0 aliphatic carbocycles. The fourth-order valence-electron chi connectivity index (χ4n) is 2.77. The van der Waals surface area contributed by atoms with Crippen LogP contribution in [0.3, 0.4) is 0 Å². The van der Waals surface area contributed by atoms with Crippen LogP contribution in [-0.4, -0.2) is 31.7 Å². The average Bonchev–Trinajstić information content (AvgIpc) is 2.94. The Balaban J connectivity index is 2.01. The zero-order valence-electron chi connectivity index (χ0n) is 14.8. The Morgan fingerprint density at radius 3 is 2.62 bits per heavy atom. The molecule has 1 aromatic heterocycles. The minimum absolute atomic E-state index is 0.0582. The molecular weight excluding hydrogens is 348 g/mol. The van der Waals surface area contributed by atoms with E-state index in [0.717, 1.165) is 26.8 Å². The molecule has 0 amide bonds. The van der Waals surface area contributed by atoms with Gasteiger partial charge in [0, 0.05) is 41.0 Å². The lowest BCUT2D eigenvalue weighted by molar-refractivity contribution is 0.300. The predicted molar refractivity (Wildman–Crippen MR) is 105 cm³/mol. The zero-order chi connectivity index (χ0) is 18.7. The van der Waals surface area contributed by atoms with E-state index >= 15 is 0 Å². The van der Waals surface area contributed by atoms with Gasteiger partial charge in [-0.25, -0.2) is 9.97 Å². The minimum atomic E-state index is 0.0582. The molecule has 0 spiro atoms. The fraction of sp³-hybridized carbons (Fsp3) is 0.263. The van der Waals surface area contributed by atoms with Crippen molar-refractivity contribution in [3.05, 3.63) is 69.1 Å². The summed E-state index contributed by atoms with van der Waals surface area (Å²) in [5, 5.41) is 20.9. The SMILES string of the molecule is CC1=C(CCO)S/C(=C(/O)c2ccccc2)N1Cc1cnc(C)nc1N. The van der Waals surface area contributed by atoms with E-state index in [4.69, 9.17) is 5.73 Å². The van der Waals surface area contributed by atoms with Crippen LogP contribution < -0.4 is 5.73 Å². The van der Waals surface area contributed by atoms with Crippen molar-refractivity contribution in [2.45, 2.75) is 26.8 Å². The van der Waals surface area contributed by atoms with Gasteiger partial charge in [-0.05, 0) is 13.8 Å². The normalized spacial score (nSPS) is 16.3. The number of nitrogens with zero attached hydrogens (tertiary/aromatic N) is 3. The van der Waals surface area contributed by atoms with Gasteiger partial charge in [-0.1, -0.05) is 42.1 Å². The molecule has 0 fully saturated rings. The average molecular weight is 370 g/mol. The van der Waals surface area contributed by atoms with Crippen LogP contribution in [0.5, 0.6) is 0 Å². The molecule has 136 valence electrons. The Kier molecular flexibility index (Phi) is 5.49.